The molecule has 0 unspecified atom stereocenters. The fourth-order valence-electron chi connectivity index (χ4n) is 2.41. The molecule has 0 saturated carbocycles. The van der Waals surface area contributed by atoms with Crippen molar-refractivity contribution in [2.75, 3.05) is 32.5 Å². The van der Waals surface area contributed by atoms with Gasteiger partial charge < -0.3 is 15.0 Å². The zero-order valence-corrected chi connectivity index (χ0v) is 14.7. The van der Waals surface area contributed by atoms with E-state index in [-0.39, 0.29) is 4.75 Å². The number of ether oxygens (including phenoxy) is 1. The van der Waals surface area contributed by atoms with Gasteiger partial charge in [0.1, 0.15) is 0 Å². The van der Waals surface area contributed by atoms with Crippen LogP contribution in [0, 0.1) is 0 Å². The number of nitrogens with one attached hydrogen (secondary N) is 1. The lowest BCUT2D eigenvalue weighted by Crippen LogP contribution is -2.50. The number of hydrogen-bond acceptors (Lipinski definition) is 4. The lowest BCUT2D eigenvalue weighted by atomic mass is 10.2. The lowest BCUT2D eigenvalue weighted by molar-refractivity contribution is 0.375. The van der Waals surface area contributed by atoms with Gasteiger partial charge in [-0.1, -0.05) is 6.07 Å². The van der Waals surface area contributed by atoms with E-state index < -0.39 is 0 Å². The summed E-state index contributed by atoms with van der Waals surface area (Å²) in [6.45, 7) is 10.3. The zero-order valence-electron chi connectivity index (χ0n) is 13.9. The number of aromatic nitrogens is 1. The summed E-state index contributed by atoms with van der Waals surface area (Å²) in [6.07, 6.45) is 1.82. The van der Waals surface area contributed by atoms with Crippen LogP contribution in [-0.4, -0.2) is 53.1 Å². The fraction of sp³-hybridized carbons (Fsp3) is 0.625. The minimum atomic E-state index is 0.274. The van der Waals surface area contributed by atoms with Gasteiger partial charge in [0, 0.05) is 42.4 Å². The molecule has 1 N–H and O–H groups in total. The first-order valence-electron chi connectivity index (χ1n) is 7.70. The molecule has 0 aliphatic carbocycles. The third kappa shape index (κ3) is 4.80. The van der Waals surface area contributed by atoms with Crippen LogP contribution >= 0.6 is 11.8 Å². The van der Waals surface area contributed by atoms with Crippen LogP contribution in [0.4, 0.5) is 0 Å². The predicted octanol–water partition coefficient (Wildman–Crippen LogP) is 2.38. The molecule has 1 aliphatic rings. The molecule has 5 nitrogen and oxygen atoms in total. The van der Waals surface area contributed by atoms with E-state index in [0.29, 0.717) is 12.4 Å². The van der Waals surface area contributed by atoms with Gasteiger partial charge in [0.15, 0.2) is 5.96 Å². The van der Waals surface area contributed by atoms with Gasteiger partial charge in [-0.05, 0) is 26.3 Å². The Bertz CT molecular complexity index is 501. The molecule has 1 aromatic heterocycles. The van der Waals surface area contributed by atoms with Crippen LogP contribution in [0.5, 0.6) is 5.88 Å². The van der Waals surface area contributed by atoms with Crippen LogP contribution in [0.1, 0.15) is 26.3 Å². The number of pyridine rings is 1. The molecule has 22 heavy (non-hydrogen) atoms. The smallest absolute Gasteiger partial charge is 0.212 e. The van der Waals surface area contributed by atoms with E-state index >= 15 is 0 Å². The molecule has 0 atom stereocenters. The maximum absolute atomic E-state index is 5.08. The Morgan fingerprint density at radius 2 is 2.32 bits per heavy atom. The first-order valence-corrected chi connectivity index (χ1v) is 8.69. The molecule has 1 aliphatic heterocycles. The maximum atomic E-state index is 5.08. The fourth-order valence-corrected chi connectivity index (χ4v) is 3.53. The van der Waals surface area contributed by atoms with Crippen LogP contribution < -0.4 is 10.1 Å². The summed E-state index contributed by atoms with van der Waals surface area (Å²) in [6, 6.07) is 3.88. The summed E-state index contributed by atoms with van der Waals surface area (Å²) in [5, 5.41) is 3.40. The molecule has 122 valence electrons. The van der Waals surface area contributed by atoms with Crippen molar-refractivity contribution in [3.8, 4) is 5.88 Å². The van der Waals surface area contributed by atoms with Crippen molar-refractivity contribution in [3.63, 3.8) is 0 Å². The van der Waals surface area contributed by atoms with E-state index in [9.17, 15) is 0 Å². The van der Waals surface area contributed by atoms with Gasteiger partial charge in [-0.2, -0.15) is 11.8 Å². The Morgan fingerprint density at radius 3 is 2.91 bits per heavy atom. The molecule has 0 radical (unpaired) electrons. The first kappa shape index (κ1) is 16.9. The molecule has 0 bridgehead atoms. The lowest BCUT2D eigenvalue weighted by Gasteiger charge is -2.39. The number of hydrogen-bond donors (Lipinski definition) is 1. The largest absolute Gasteiger partial charge is 0.481 e. The van der Waals surface area contributed by atoms with Crippen molar-refractivity contribution in [3.05, 3.63) is 23.9 Å². The molecule has 0 spiro atoms. The van der Waals surface area contributed by atoms with Gasteiger partial charge in [0.25, 0.3) is 0 Å². The maximum Gasteiger partial charge on any atom is 0.212 e. The van der Waals surface area contributed by atoms with E-state index in [1.165, 1.54) is 0 Å². The van der Waals surface area contributed by atoms with Gasteiger partial charge in [0.05, 0.1) is 13.7 Å². The Labute approximate surface area is 137 Å². The molecule has 1 saturated heterocycles. The van der Waals surface area contributed by atoms with Crippen molar-refractivity contribution >= 4 is 17.7 Å². The van der Waals surface area contributed by atoms with Crippen molar-refractivity contribution in [2.24, 2.45) is 4.99 Å². The average molecular weight is 322 g/mol. The molecule has 1 aromatic rings. The van der Waals surface area contributed by atoms with Gasteiger partial charge in [-0.3, -0.25) is 0 Å². The van der Waals surface area contributed by atoms with Crippen molar-refractivity contribution in [2.45, 2.75) is 32.1 Å². The van der Waals surface area contributed by atoms with E-state index in [4.69, 9.17) is 9.73 Å². The van der Waals surface area contributed by atoms with Crippen LogP contribution in [0.25, 0.3) is 0 Å². The Morgan fingerprint density at radius 1 is 1.50 bits per heavy atom. The number of thioether (sulfide) groups is 1. The number of aliphatic imine (C=N–C) groups is 1. The molecule has 0 amide bonds. The molecule has 1 fully saturated rings. The van der Waals surface area contributed by atoms with E-state index in [1.807, 2.05) is 30.1 Å². The molecular weight excluding hydrogens is 296 g/mol. The zero-order chi connectivity index (χ0) is 16.0. The second-order valence-electron chi connectivity index (χ2n) is 5.91. The van der Waals surface area contributed by atoms with Crippen LogP contribution in [0.3, 0.4) is 0 Å². The summed E-state index contributed by atoms with van der Waals surface area (Å²) in [5.41, 5.74) is 1.09. The first-order chi connectivity index (χ1) is 10.5. The van der Waals surface area contributed by atoms with Gasteiger partial charge in [-0.15, -0.1) is 0 Å². The Kier molecular flexibility index (Phi) is 5.94. The molecule has 2 heterocycles. The normalized spacial score (nSPS) is 18.2. The second kappa shape index (κ2) is 7.72. The van der Waals surface area contributed by atoms with Crippen LogP contribution in [0.15, 0.2) is 23.3 Å². The third-order valence-electron chi connectivity index (χ3n) is 3.48. The quantitative estimate of drug-likeness (QED) is 0.681. The molecule has 2 rings (SSSR count). The highest BCUT2D eigenvalue weighted by molar-refractivity contribution is 8.00. The van der Waals surface area contributed by atoms with Gasteiger partial charge in [0.2, 0.25) is 5.88 Å². The van der Waals surface area contributed by atoms with Crippen molar-refractivity contribution < 1.29 is 4.74 Å². The van der Waals surface area contributed by atoms with Crippen molar-refractivity contribution in [1.82, 2.24) is 15.2 Å². The van der Waals surface area contributed by atoms with Gasteiger partial charge >= 0.3 is 0 Å². The second-order valence-corrected chi connectivity index (χ2v) is 7.71. The highest BCUT2D eigenvalue weighted by atomic mass is 32.2. The standard InChI is InChI=1S/C16H26N4OS/c1-5-17-15(20-8-9-22-16(2,3)12-20)19-11-13-6-7-14(21-4)18-10-13/h6-7,10H,5,8-9,11-12H2,1-4H3,(H,17,19). The number of rotatable bonds is 4. The minimum Gasteiger partial charge on any atom is -0.481 e. The third-order valence-corrected chi connectivity index (χ3v) is 4.78. The van der Waals surface area contributed by atoms with E-state index in [0.717, 1.165) is 36.9 Å². The van der Waals surface area contributed by atoms with E-state index in [1.54, 1.807) is 7.11 Å². The molecular formula is C16H26N4OS. The topological polar surface area (TPSA) is 49.8 Å². The number of nitrogens with zero attached hydrogens (tertiary/aromatic N) is 3. The minimum absolute atomic E-state index is 0.274. The SMILES string of the molecule is CCNC(=NCc1ccc(OC)nc1)N1CCSC(C)(C)C1. The monoisotopic (exact) mass is 322 g/mol. The van der Waals surface area contributed by atoms with Crippen LogP contribution in [0.2, 0.25) is 0 Å². The van der Waals surface area contributed by atoms with E-state index in [2.05, 4.69) is 36.0 Å². The highest BCUT2D eigenvalue weighted by Gasteiger charge is 2.28. The summed E-state index contributed by atoms with van der Waals surface area (Å²) in [4.78, 5) is 11.4. The summed E-state index contributed by atoms with van der Waals surface area (Å²) in [5.74, 6) is 2.77. The van der Waals surface area contributed by atoms with Gasteiger partial charge in [-0.25, -0.2) is 9.98 Å². The summed E-state index contributed by atoms with van der Waals surface area (Å²) in [7, 11) is 1.62. The van der Waals surface area contributed by atoms with Crippen molar-refractivity contribution in [1.29, 1.82) is 0 Å². The number of methoxy groups -OCH3 is 1. The average Bonchev–Trinajstić information content (AvgIpc) is 2.51. The molecule has 6 heteroatoms. The van der Waals surface area contributed by atoms with Crippen LogP contribution in [-0.2, 0) is 6.54 Å². The number of guanidine groups is 1. The Hall–Kier alpha value is -1.43. The molecule has 0 aromatic carbocycles. The Balaban J connectivity index is 2.05. The predicted molar refractivity (Wildman–Crippen MR) is 93.7 cm³/mol. The summed E-state index contributed by atoms with van der Waals surface area (Å²) >= 11 is 2.03. The highest BCUT2D eigenvalue weighted by Crippen LogP contribution is 2.29. The summed E-state index contributed by atoms with van der Waals surface area (Å²) < 4.78 is 5.36.